The Labute approximate surface area is 155 Å². The summed E-state index contributed by atoms with van der Waals surface area (Å²) in [6.07, 6.45) is 0.405. The van der Waals surface area contributed by atoms with Gasteiger partial charge >= 0.3 is 5.97 Å². The number of rotatable bonds is 2. The smallest absolute Gasteiger partial charge is 0.328 e. The molecule has 2 heterocycles. The second kappa shape index (κ2) is 6.54. The first-order valence-corrected chi connectivity index (χ1v) is 8.72. The number of methoxy groups -OCH3 is 1. The maximum Gasteiger partial charge on any atom is 0.328 e. The fourth-order valence-corrected chi connectivity index (χ4v) is 3.73. The van der Waals surface area contributed by atoms with Crippen molar-refractivity contribution < 1.29 is 18.7 Å². The second-order valence-electron chi connectivity index (χ2n) is 6.81. The third-order valence-corrected chi connectivity index (χ3v) is 5.12. The average molecular weight is 366 g/mol. The number of nitrogens with zero attached hydrogens (tertiary/aromatic N) is 1. The van der Waals surface area contributed by atoms with Gasteiger partial charge in [-0.15, -0.1) is 0 Å². The summed E-state index contributed by atoms with van der Waals surface area (Å²) >= 11 is 0. The van der Waals surface area contributed by atoms with Crippen LogP contribution in [0.2, 0.25) is 0 Å². The van der Waals surface area contributed by atoms with Crippen LogP contribution in [0.4, 0.5) is 4.39 Å². The molecular weight excluding hydrogens is 347 g/mol. The number of halogens is 1. The van der Waals surface area contributed by atoms with Gasteiger partial charge in [0.25, 0.3) is 5.91 Å². The van der Waals surface area contributed by atoms with Gasteiger partial charge in [0, 0.05) is 23.9 Å². The van der Waals surface area contributed by atoms with Crippen molar-refractivity contribution in [2.24, 2.45) is 0 Å². The summed E-state index contributed by atoms with van der Waals surface area (Å²) in [7, 11) is 1.32. The number of benzene rings is 2. The van der Waals surface area contributed by atoms with Crippen LogP contribution in [0.3, 0.4) is 0 Å². The Hall–Kier alpha value is -3.15. The van der Waals surface area contributed by atoms with Crippen LogP contribution < -0.4 is 0 Å². The number of H-pyrrole nitrogens is 1. The molecule has 1 unspecified atom stereocenters. The van der Waals surface area contributed by atoms with Crippen molar-refractivity contribution in [1.82, 2.24) is 9.88 Å². The first-order chi connectivity index (χ1) is 13.0. The number of aryl methyl sites for hydroxylation is 1. The molecule has 0 spiro atoms. The van der Waals surface area contributed by atoms with Crippen LogP contribution in [-0.4, -0.2) is 34.9 Å². The van der Waals surface area contributed by atoms with Gasteiger partial charge < -0.3 is 14.6 Å². The molecule has 2 aromatic carbocycles. The zero-order valence-electron chi connectivity index (χ0n) is 15.1. The van der Waals surface area contributed by atoms with E-state index in [9.17, 15) is 14.0 Å². The Morgan fingerprint density at radius 2 is 1.93 bits per heavy atom. The highest BCUT2D eigenvalue weighted by atomic mass is 19.1. The molecule has 4 rings (SSSR count). The van der Waals surface area contributed by atoms with Crippen molar-refractivity contribution in [1.29, 1.82) is 0 Å². The number of hydrogen-bond acceptors (Lipinski definition) is 3. The van der Waals surface area contributed by atoms with Gasteiger partial charge in [0.1, 0.15) is 17.6 Å². The van der Waals surface area contributed by atoms with Crippen molar-refractivity contribution in [2.45, 2.75) is 25.9 Å². The van der Waals surface area contributed by atoms with Crippen LogP contribution in [0.25, 0.3) is 10.9 Å². The molecule has 6 heteroatoms. The standard InChI is InChI=1S/C21H19FN2O3/c1-12-7-15(22)9-17-16(12)10-18(23-17)20(25)24-11-14-6-4-3-5-13(14)8-19(24)21(26)27-2/h3-7,9-10,19,23H,8,11H2,1-2H3. The molecule has 1 N–H and O–H groups in total. The van der Waals surface area contributed by atoms with Gasteiger partial charge in [-0.05, 0) is 41.8 Å². The Morgan fingerprint density at radius 1 is 1.19 bits per heavy atom. The van der Waals surface area contributed by atoms with Crippen LogP contribution in [0.15, 0.2) is 42.5 Å². The van der Waals surface area contributed by atoms with Crippen molar-refractivity contribution in [3.05, 3.63) is 70.7 Å². The van der Waals surface area contributed by atoms with E-state index in [0.717, 1.165) is 22.1 Å². The van der Waals surface area contributed by atoms with E-state index >= 15 is 0 Å². The van der Waals surface area contributed by atoms with Gasteiger partial charge in [0.05, 0.1) is 7.11 Å². The summed E-state index contributed by atoms with van der Waals surface area (Å²) in [5.74, 6) is -1.12. The SMILES string of the molecule is COC(=O)C1Cc2ccccc2CN1C(=O)c1cc2c(C)cc(F)cc2[nH]1. The molecule has 1 aromatic heterocycles. The first-order valence-electron chi connectivity index (χ1n) is 8.72. The largest absolute Gasteiger partial charge is 0.467 e. The Morgan fingerprint density at radius 3 is 2.67 bits per heavy atom. The van der Waals surface area contributed by atoms with E-state index in [0.29, 0.717) is 24.2 Å². The molecule has 1 aliphatic rings. The average Bonchev–Trinajstić information content (AvgIpc) is 3.10. The number of carbonyl (C=O) groups excluding carboxylic acids is 2. The molecule has 0 fully saturated rings. The molecule has 0 bridgehead atoms. The van der Waals surface area contributed by atoms with Crippen LogP contribution in [0, 0.1) is 12.7 Å². The lowest BCUT2D eigenvalue weighted by Gasteiger charge is -2.34. The maximum absolute atomic E-state index is 13.7. The number of carbonyl (C=O) groups is 2. The van der Waals surface area contributed by atoms with E-state index in [-0.39, 0.29) is 11.7 Å². The van der Waals surface area contributed by atoms with E-state index in [1.165, 1.54) is 24.1 Å². The zero-order chi connectivity index (χ0) is 19.1. The lowest BCUT2D eigenvalue weighted by atomic mass is 9.93. The van der Waals surface area contributed by atoms with Gasteiger partial charge in [-0.1, -0.05) is 24.3 Å². The zero-order valence-corrected chi connectivity index (χ0v) is 15.1. The van der Waals surface area contributed by atoms with E-state index in [4.69, 9.17) is 4.74 Å². The van der Waals surface area contributed by atoms with Crippen LogP contribution in [0.5, 0.6) is 0 Å². The predicted octanol–water partition coefficient (Wildman–Crippen LogP) is 3.36. The maximum atomic E-state index is 13.7. The van der Waals surface area contributed by atoms with Crippen LogP contribution in [0.1, 0.15) is 27.2 Å². The molecule has 0 aliphatic carbocycles. The second-order valence-corrected chi connectivity index (χ2v) is 6.81. The molecule has 5 nitrogen and oxygen atoms in total. The van der Waals surface area contributed by atoms with Crippen LogP contribution >= 0.6 is 0 Å². The number of ether oxygens (including phenoxy) is 1. The quantitative estimate of drug-likeness (QED) is 0.708. The van der Waals surface area contributed by atoms with Gasteiger partial charge in [0.15, 0.2) is 0 Å². The minimum atomic E-state index is -0.693. The number of amides is 1. The topological polar surface area (TPSA) is 62.4 Å². The van der Waals surface area contributed by atoms with Crippen molar-refractivity contribution in [2.75, 3.05) is 7.11 Å². The molecule has 3 aromatic rings. The number of hydrogen-bond donors (Lipinski definition) is 1. The number of aromatic amines is 1. The molecule has 0 radical (unpaired) electrons. The first kappa shape index (κ1) is 17.3. The minimum absolute atomic E-state index is 0.309. The summed E-state index contributed by atoms with van der Waals surface area (Å²) in [5.41, 5.74) is 3.67. The molecule has 1 amide bonds. The van der Waals surface area contributed by atoms with Crippen LogP contribution in [-0.2, 0) is 22.5 Å². The fourth-order valence-electron chi connectivity index (χ4n) is 3.73. The third kappa shape index (κ3) is 2.97. The molecule has 1 aliphatic heterocycles. The summed E-state index contributed by atoms with van der Waals surface area (Å²) in [5, 5.41) is 0.784. The van der Waals surface area contributed by atoms with Crippen molar-refractivity contribution in [3.63, 3.8) is 0 Å². The Balaban J connectivity index is 1.74. The van der Waals surface area contributed by atoms with E-state index in [1.54, 1.807) is 13.0 Å². The van der Waals surface area contributed by atoms with Gasteiger partial charge in [-0.25, -0.2) is 9.18 Å². The molecular formula is C21H19FN2O3. The number of fused-ring (bicyclic) bond motifs is 2. The number of nitrogens with one attached hydrogen (secondary N) is 1. The number of esters is 1. The monoisotopic (exact) mass is 366 g/mol. The van der Waals surface area contributed by atoms with E-state index < -0.39 is 12.0 Å². The summed E-state index contributed by atoms with van der Waals surface area (Å²) in [6, 6.07) is 11.6. The molecule has 0 saturated carbocycles. The lowest BCUT2D eigenvalue weighted by Crippen LogP contribution is -2.49. The highest BCUT2D eigenvalue weighted by Gasteiger charge is 2.36. The van der Waals surface area contributed by atoms with Gasteiger partial charge in [-0.3, -0.25) is 4.79 Å². The van der Waals surface area contributed by atoms with E-state index in [2.05, 4.69) is 4.98 Å². The predicted molar refractivity (Wildman–Crippen MR) is 98.8 cm³/mol. The van der Waals surface area contributed by atoms with Gasteiger partial charge in [0.2, 0.25) is 0 Å². The van der Waals surface area contributed by atoms with Gasteiger partial charge in [-0.2, -0.15) is 0 Å². The minimum Gasteiger partial charge on any atom is -0.467 e. The lowest BCUT2D eigenvalue weighted by molar-refractivity contribution is -0.146. The molecule has 0 saturated heterocycles. The third-order valence-electron chi connectivity index (χ3n) is 5.12. The molecule has 138 valence electrons. The Kier molecular flexibility index (Phi) is 4.18. The normalized spacial score (nSPS) is 16.3. The fraction of sp³-hybridized carbons (Fsp3) is 0.238. The highest BCUT2D eigenvalue weighted by Crippen LogP contribution is 2.27. The number of aromatic nitrogens is 1. The summed E-state index contributed by atoms with van der Waals surface area (Å²) in [6.45, 7) is 2.11. The van der Waals surface area contributed by atoms with E-state index in [1.807, 2.05) is 24.3 Å². The summed E-state index contributed by atoms with van der Waals surface area (Å²) < 4.78 is 18.6. The highest BCUT2D eigenvalue weighted by molar-refractivity contribution is 6.00. The summed E-state index contributed by atoms with van der Waals surface area (Å²) in [4.78, 5) is 30.0. The van der Waals surface area contributed by atoms with Crippen molar-refractivity contribution >= 4 is 22.8 Å². The molecule has 1 atom stereocenters. The van der Waals surface area contributed by atoms with Crippen molar-refractivity contribution in [3.8, 4) is 0 Å². The molecule has 27 heavy (non-hydrogen) atoms. The Bertz CT molecular complexity index is 1060.